The molecule has 2 atom stereocenters. The lowest BCUT2D eigenvalue weighted by Crippen LogP contribution is -2.49. The fraction of sp³-hybridized carbons (Fsp3) is 1.00. The molecule has 0 aromatic rings. The van der Waals surface area contributed by atoms with E-state index in [1.54, 1.807) is 0 Å². The van der Waals surface area contributed by atoms with Crippen molar-refractivity contribution in [2.75, 3.05) is 7.11 Å². The Kier molecular flexibility index (Phi) is 2.84. The van der Waals surface area contributed by atoms with E-state index >= 15 is 0 Å². The van der Waals surface area contributed by atoms with Gasteiger partial charge in [-0.05, 0) is 12.8 Å². The largest absolute Gasteiger partial charge is 0.390 e. The van der Waals surface area contributed by atoms with Crippen molar-refractivity contribution in [2.45, 2.75) is 37.2 Å². The Morgan fingerprint density at radius 3 is 2.09 bits per heavy atom. The quantitative estimate of drug-likeness (QED) is 0.453. The average Bonchev–Trinajstić information content (AvgIpc) is 1.85. The van der Waals surface area contributed by atoms with Crippen LogP contribution in [-0.4, -0.2) is 41.7 Å². The van der Waals surface area contributed by atoms with Crippen molar-refractivity contribution in [3.63, 3.8) is 0 Å². The van der Waals surface area contributed by atoms with Crippen molar-refractivity contribution in [3.05, 3.63) is 0 Å². The molecule has 0 spiro atoms. The Labute approximate surface area is 66.0 Å². The summed E-state index contributed by atoms with van der Waals surface area (Å²) >= 11 is 0. The summed E-state index contributed by atoms with van der Waals surface area (Å²) in [7, 11) is 1.48. The van der Waals surface area contributed by atoms with E-state index in [-0.39, 0.29) is 6.04 Å². The van der Waals surface area contributed by atoms with Gasteiger partial charge in [-0.25, -0.2) is 0 Å². The number of rotatable bonds is 1. The predicted octanol–water partition coefficient (Wildman–Crippen LogP) is -1.16. The Morgan fingerprint density at radius 2 is 1.73 bits per heavy atom. The van der Waals surface area contributed by atoms with Crippen molar-refractivity contribution in [1.82, 2.24) is 0 Å². The molecule has 1 saturated carbocycles. The first-order chi connectivity index (χ1) is 5.15. The van der Waals surface area contributed by atoms with Crippen LogP contribution < -0.4 is 5.73 Å². The first-order valence-corrected chi connectivity index (χ1v) is 3.79. The van der Waals surface area contributed by atoms with Gasteiger partial charge in [-0.15, -0.1) is 0 Å². The standard InChI is InChI=1S/C7H15NO3/c1-11-7-5(9)2-4(8)3-6(7)10/h4-7,9-10H,2-3,8H2,1H3. The van der Waals surface area contributed by atoms with Gasteiger partial charge in [0, 0.05) is 13.2 Å². The molecule has 0 aliphatic heterocycles. The van der Waals surface area contributed by atoms with Crippen LogP contribution in [0, 0.1) is 0 Å². The lowest BCUT2D eigenvalue weighted by Gasteiger charge is -2.34. The summed E-state index contributed by atoms with van der Waals surface area (Å²) in [4.78, 5) is 0. The molecule has 4 nitrogen and oxygen atoms in total. The minimum Gasteiger partial charge on any atom is -0.390 e. The van der Waals surface area contributed by atoms with Crippen LogP contribution in [0.2, 0.25) is 0 Å². The molecule has 0 aromatic carbocycles. The van der Waals surface area contributed by atoms with E-state index in [4.69, 9.17) is 10.5 Å². The van der Waals surface area contributed by atoms with Crippen molar-refractivity contribution >= 4 is 0 Å². The summed E-state index contributed by atoms with van der Waals surface area (Å²) in [6.07, 6.45) is -0.696. The maximum Gasteiger partial charge on any atom is 0.109 e. The van der Waals surface area contributed by atoms with Crippen LogP contribution in [0.3, 0.4) is 0 Å². The van der Waals surface area contributed by atoms with Gasteiger partial charge in [0.15, 0.2) is 0 Å². The zero-order valence-electron chi connectivity index (χ0n) is 6.60. The molecule has 4 heteroatoms. The molecule has 0 aromatic heterocycles. The number of aliphatic hydroxyl groups excluding tert-OH is 2. The number of aliphatic hydroxyl groups is 2. The topological polar surface area (TPSA) is 75.7 Å². The van der Waals surface area contributed by atoms with Crippen LogP contribution in [-0.2, 0) is 4.74 Å². The number of hydrogen-bond acceptors (Lipinski definition) is 4. The van der Waals surface area contributed by atoms with Gasteiger partial charge in [-0.1, -0.05) is 0 Å². The Hall–Kier alpha value is -0.160. The molecule has 4 N–H and O–H groups in total. The number of ether oxygens (including phenoxy) is 1. The SMILES string of the molecule is COC1C(O)CC(N)CC1O. The highest BCUT2D eigenvalue weighted by atomic mass is 16.5. The van der Waals surface area contributed by atoms with Gasteiger partial charge in [0.1, 0.15) is 6.10 Å². The van der Waals surface area contributed by atoms with Crippen molar-refractivity contribution < 1.29 is 14.9 Å². The van der Waals surface area contributed by atoms with E-state index in [1.165, 1.54) is 7.11 Å². The van der Waals surface area contributed by atoms with Crippen LogP contribution in [0.1, 0.15) is 12.8 Å². The zero-order valence-corrected chi connectivity index (χ0v) is 6.60. The molecular weight excluding hydrogens is 146 g/mol. The highest BCUT2D eigenvalue weighted by Crippen LogP contribution is 2.20. The highest BCUT2D eigenvalue weighted by molar-refractivity contribution is 4.88. The van der Waals surface area contributed by atoms with Crippen molar-refractivity contribution in [1.29, 1.82) is 0 Å². The smallest absolute Gasteiger partial charge is 0.109 e. The van der Waals surface area contributed by atoms with E-state index in [9.17, 15) is 10.2 Å². The summed E-state index contributed by atoms with van der Waals surface area (Å²) in [5.74, 6) is 0. The minimum atomic E-state index is -0.626. The van der Waals surface area contributed by atoms with Crippen LogP contribution in [0.15, 0.2) is 0 Å². The van der Waals surface area contributed by atoms with E-state index < -0.39 is 18.3 Å². The molecule has 0 bridgehead atoms. The molecule has 1 aliphatic rings. The summed E-state index contributed by atoms with van der Waals surface area (Å²) in [6.45, 7) is 0. The van der Waals surface area contributed by atoms with Gasteiger partial charge in [0.2, 0.25) is 0 Å². The molecule has 2 unspecified atom stereocenters. The first kappa shape index (κ1) is 8.93. The maximum atomic E-state index is 9.34. The Bertz CT molecular complexity index is 119. The monoisotopic (exact) mass is 161 g/mol. The number of nitrogens with two attached hydrogens (primary N) is 1. The number of hydrogen-bond donors (Lipinski definition) is 3. The summed E-state index contributed by atoms with van der Waals surface area (Å²) in [5, 5.41) is 18.7. The third-order valence-electron chi connectivity index (χ3n) is 2.12. The van der Waals surface area contributed by atoms with Gasteiger partial charge in [0.05, 0.1) is 12.2 Å². The van der Waals surface area contributed by atoms with Gasteiger partial charge in [-0.2, -0.15) is 0 Å². The third kappa shape index (κ3) is 1.90. The lowest BCUT2D eigenvalue weighted by atomic mass is 9.89. The molecule has 0 amide bonds. The van der Waals surface area contributed by atoms with E-state index in [0.717, 1.165) is 0 Å². The van der Waals surface area contributed by atoms with Crippen LogP contribution >= 0.6 is 0 Å². The molecule has 1 rings (SSSR count). The Balaban J connectivity index is 2.52. The fourth-order valence-electron chi connectivity index (χ4n) is 1.56. The summed E-state index contributed by atoms with van der Waals surface area (Å²) < 4.78 is 4.91. The summed E-state index contributed by atoms with van der Waals surface area (Å²) in [5.41, 5.74) is 5.56. The number of methoxy groups -OCH3 is 1. The molecule has 0 radical (unpaired) electrons. The van der Waals surface area contributed by atoms with Crippen LogP contribution in [0.4, 0.5) is 0 Å². The van der Waals surface area contributed by atoms with Crippen molar-refractivity contribution in [2.24, 2.45) is 5.73 Å². The second-order valence-electron chi connectivity index (χ2n) is 3.07. The predicted molar refractivity (Wildman–Crippen MR) is 40.0 cm³/mol. The zero-order chi connectivity index (χ0) is 8.43. The molecule has 1 fully saturated rings. The molecule has 11 heavy (non-hydrogen) atoms. The fourth-order valence-corrected chi connectivity index (χ4v) is 1.56. The molecule has 66 valence electrons. The second-order valence-corrected chi connectivity index (χ2v) is 3.07. The lowest BCUT2D eigenvalue weighted by molar-refractivity contribution is -0.108. The Morgan fingerprint density at radius 1 is 1.27 bits per heavy atom. The molecule has 0 heterocycles. The molecular formula is C7H15NO3. The average molecular weight is 161 g/mol. The molecule has 0 saturated heterocycles. The van der Waals surface area contributed by atoms with E-state index in [0.29, 0.717) is 12.8 Å². The van der Waals surface area contributed by atoms with Gasteiger partial charge in [-0.3, -0.25) is 0 Å². The van der Waals surface area contributed by atoms with Gasteiger partial charge in [0.25, 0.3) is 0 Å². The van der Waals surface area contributed by atoms with E-state index in [2.05, 4.69) is 0 Å². The highest BCUT2D eigenvalue weighted by Gasteiger charge is 2.34. The third-order valence-corrected chi connectivity index (χ3v) is 2.12. The normalized spacial score (nSPS) is 45.8. The summed E-state index contributed by atoms with van der Waals surface area (Å²) in [6, 6.07) is -0.105. The second kappa shape index (κ2) is 3.49. The maximum absolute atomic E-state index is 9.34. The van der Waals surface area contributed by atoms with Crippen LogP contribution in [0.5, 0.6) is 0 Å². The molecule has 1 aliphatic carbocycles. The first-order valence-electron chi connectivity index (χ1n) is 3.79. The van der Waals surface area contributed by atoms with E-state index in [1.807, 2.05) is 0 Å². The van der Waals surface area contributed by atoms with Gasteiger partial charge >= 0.3 is 0 Å². The minimum absolute atomic E-state index is 0.105. The van der Waals surface area contributed by atoms with Crippen molar-refractivity contribution in [3.8, 4) is 0 Å². The van der Waals surface area contributed by atoms with Crippen LogP contribution in [0.25, 0.3) is 0 Å². The van der Waals surface area contributed by atoms with Gasteiger partial charge < -0.3 is 20.7 Å².